The molecule has 3 unspecified atom stereocenters. The molecule has 2 aliphatic rings. The van der Waals surface area contributed by atoms with E-state index in [0.29, 0.717) is 23.4 Å². The zero-order chi connectivity index (χ0) is 13.4. The highest BCUT2D eigenvalue weighted by Crippen LogP contribution is 2.34. The van der Waals surface area contributed by atoms with Crippen LogP contribution in [-0.2, 0) is 0 Å². The van der Waals surface area contributed by atoms with E-state index in [-0.39, 0.29) is 11.5 Å². The molecule has 5 nitrogen and oxygen atoms in total. The first-order chi connectivity index (χ1) is 9.20. The highest BCUT2D eigenvalue weighted by Gasteiger charge is 2.45. The van der Waals surface area contributed by atoms with Gasteiger partial charge in [0.05, 0.1) is 0 Å². The van der Waals surface area contributed by atoms with Crippen LogP contribution in [0.25, 0.3) is 0 Å². The van der Waals surface area contributed by atoms with Crippen LogP contribution in [-0.4, -0.2) is 41.5 Å². The Morgan fingerprint density at radius 1 is 1.47 bits per heavy atom. The van der Waals surface area contributed by atoms with Gasteiger partial charge in [-0.15, -0.1) is 0 Å². The average Bonchev–Trinajstić information content (AvgIpc) is 2.97. The Labute approximate surface area is 112 Å². The van der Waals surface area contributed by atoms with Crippen molar-refractivity contribution in [3.63, 3.8) is 0 Å². The monoisotopic (exact) mass is 261 g/mol. The highest BCUT2D eigenvalue weighted by atomic mass is 16.2. The van der Waals surface area contributed by atoms with Crippen molar-refractivity contribution in [1.29, 1.82) is 0 Å². The normalized spacial score (nSPS) is 29.5. The molecule has 102 valence electrons. The van der Waals surface area contributed by atoms with Gasteiger partial charge < -0.3 is 15.2 Å². The summed E-state index contributed by atoms with van der Waals surface area (Å²) in [6.45, 7) is 4.94. The SMILES string of the molecule is CCC1C2CNCC2CN1C(=O)c1cc[nH]c(=O)c1. The van der Waals surface area contributed by atoms with E-state index < -0.39 is 0 Å². The first kappa shape index (κ1) is 12.4. The van der Waals surface area contributed by atoms with E-state index in [1.165, 1.54) is 12.3 Å². The van der Waals surface area contributed by atoms with Crippen LogP contribution < -0.4 is 10.9 Å². The predicted octanol–water partition coefficient (Wildman–Crippen LogP) is 0.445. The molecule has 3 heterocycles. The van der Waals surface area contributed by atoms with E-state index in [4.69, 9.17) is 0 Å². The van der Waals surface area contributed by atoms with Gasteiger partial charge in [-0.2, -0.15) is 0 Å². The Hall–Kier alpha value is -1.62. The van der Waals surface area contributed by atoms with E-state index >= 15 is 0 Å². The summed E-state index contributed by atoms with van der Waals surface area (Å²) >= 11 is 0. The number of carbonyl (C=O) groups excluding carboxylic acids is 1. The number of amides is 1. The van der Waals surface area contributed by atoms with Crippen LogP contribution in [0.3, 0.4) is 0 Å². The van der Waals surface area contributed by atoms with E-state index in [1.807, 2.05) is 4.90 Å². The van der Waals surface area contributed by atoms with Gasteiger partial charge >= 0.3 is 0 Å². The number of rotatable bonds is 2. The second-order valence-corrected chi connectivity index (χ2v) is 5.46. The van der Waals surface area contributed by atoms with Gasteiger partial charge in [-0.3, -0.25) is 9.59 Å². The molecule has 0 aliphatic carbocycles. The Morgan fingerprint density at radius 2 is 2.32 bits per heavy atom. The number of nitrogens with one attached hydrogen (secondary N) is 2. The summed E-state index contributed by atoms with van der Waals surface area (Å²) in [5, 5.41) is 3.40. The molecule has 0 bridgehead atoms. The average molecular weight is 261 g/mol. The maximum Gasteiger partial charge on any atom is 0.254 e. The number of hydrogen-bond donors (Lipinski definition) is 2. The summed E-state index contributed by atoms with van der Waals surface area (Å²) in [5.41, 5.74) is 0.273. The maximum absolute atomic E-state index is 12.6. The number of fused-ring (bicyclic) bond motifs is 1. The first-order valence-corrected chi connectivity index (χ1v) is 6.91. The number of carbonyl (C=O) groups is 1. The highest BCUT2D eigenvalue weighted by molar-refractivity contribution is 5.94. The van der Waals surface area contributed by atoms with Gasteiger partial charge in [0.1, 0.15) is 0 Å². The third kappa shape index (κ3) is 2.08. The lowest BCUT2D eigenvalue weighted by Gasteiger charge is -2.27. The number of aromatic amines is 1. The van der Waals surface area contributed by atoms with Crippen molar-refractivity contribution < 1.29 is 4.79 Å². The zero-order valence-corrected chi connectivity index (χ0v) is 11.1. The Bertz CT molecular complexity index is 539. The van der Waals surface area contributed by atoms with Crippen LogP contribution in [0.2, 0.25) is 0 Å². The molecule has 2 N–H and O–H groups in total. The van der Waals surface area contributed by atoms with Crippen LogP contribution in [0, 0.1) is 11.8 Å². The predicted molar refractivity (Wildman–Crippen MR) is 72.0 cm³/mol. The van der Waals surface area contributed by atoms with Crippen molar-refractivity contribution in [2.24, 2.45) is 11.8 Å². The molecule has 2 fully saturated rings. The third-order valence-corrected chi connectivity index (χ3v) is 4.42. The van der Waals surface area contributed by atoms with Gasteiger partial charge in [-0.05, 0) is 24.3 Å². The Morgan fingerprint density at radius 3 is 3.05 bits per heavy atom. The quantitative estimate of drug-likeness (QED) is 0.812. The van der Waals surface area contributed by atoms with Crippen molar-refractivity contribution in [3.05, 3.63) is 34.2 Å². The van der Waals surface area contributed by atoms with Crippen molar-refractivity contribution in [2.45, 2.75) is 19.4 Å². The summed E-state index contributed by atoms with van der Waals surface area (Å²) in [6, 6.07) is 3.37. The second kappa shape index (κ2) is 4.81. The minimum absolute atomic E-state index is 0.00708. The van der Waals surface area contributed by atoms with Gasteiger partial charge in [0.25, 0.3) is 5.91 Å². The summed E-state index contributed by atoms with van der Waals surface area (Å²) in [6.07, 6.45) is 2.51. The van der Waals surface area contributed by atoms with Crippen LogP contribution >= 0.6 is 0 Å². The van der Waals surface area contributed by atoms with Crippen LogP contribution in [0.15, 0.2) is 23.1 Å². The number of H-pyrrole nitrogens is 1. The summed E-state index contributed by atoms with van der Waals surface area (Å²) < 4.78 is 0. The number of hydrogen-bond acceptors (Lipinski definition) is 3. The minimum Gasteiger partial charge on any atom is -0.335 e. The fourth-order valence-corrected chi connectivity index (χ4v) is 3.52. The van der Waals surface area contributed by atoms with E-state index in [1.54, 1.807) is 6.07 Å². The van der Waals surface area contributed by atoms with Crippen LogP contribution in [0.1, 0.15) is 23.7 Å². The van der Waals surface area contributed by atoms with Crippen LogP contribution in [0.4, 0.5) is 0 Å². The molecule has 5 heteroatoms. The van der Waals surface area contributed by atoms with E-state index in [2.05, 4.69) is 17.2 Å². The Kier molecular flexibility index (Phi) is 3.14. The maximum atomic E-state index is 12.6. The Balaban J connectivity index is 1.86. The molecule has 19 heavy (non-hydrogen) atoms. The molecule has 0 saturated carbocycles. The molecule has 3 rings (SSSR count). The topological polar surface area (TPSA) is 65.2 Å². The number of likely N-dealkylation sites (tertiary alicyclic amines) is 1. The van der Waals surface area contributed by atoms with E-state index in [0.717, 1.165) is 26.1 Å². The van der Waals surface area contributed by atoms with Gasteiger partial charge in [0.15, 0.2) is 0 Å². The molecule has 3 atom stereocenters. The fourth-order valence-electron chi connectivity index (χ4n) is 3.52. The summed E-state index contributed by atoms with van der Waals surface area (Å²) in [7, 11) is 0. The smallest absolute Gasteiger partial charge is 0.254 e. The summed E-state index contributed by atoms with van der Waals surface area (Å²) in [5.74, 6) is 1.12. The number of pyridine rings is 1. The molecule has 1 amide bonds. The molecular weight excluding hydrogens is 242 g/mol. The zero-order valence-electron chi connectivity index (χ0n) is 11.1. The van der Waals surface area contributed by atoms with Crippen molar-refractivity contribution in [1.82, 2.24) is 15.2 Å². The van der Waals surface area contributed by atoms with Crippen LogP contribution in [0.5, 0.6) is 0 Å². The van der Waals surface area contributed by atoms with Crippen molar-refractivity contribution >= 4 is 5.91 Å². The molecule has 1 aromatic rings. The lowest BCUT2D eigenvalue weighted by atomic mass is 9.93. The van der Waals surface area contributed by atoms with Crippen molar-refractivity contribution in [2.75, 3.05) is 19.6 Å². The molecule has 0 radical (unpaired) electrons. The van der Waals surface area contributed by atoms with Gasteiger partial charge in [-0.1, -0.05) is 6.92 Å². The molecule has 2 saturated heterocycles. The molecule has 2 aliphatic heterocycles. The first-order valence-electron chi connectivity index (χ1n) is 6.91. The molecule has 0 spiro atoms. The number of aromatic nitrogens is 1. The van der Waals surface area contributed by atoms with E-state index in [9.17, 15) is 9.59 Å². The fraction of sp³-hybridized carbons (Fsp3) is 0.571. The van der Waals surface area contributed by atoms with Gasteiger partial charge in [0, 0.05) is 43.5 Å². The molecular formula is C14H19N3O2. The van der Waals surface area contributed by atoms with Gasteiger partial charge in [0.2, 0.25) is 5.56 Å². The second-order valence-electron chi connectivity index (χ2n) is 5.46. The summed E-state index contributed by atoms with van der Waals surface area (Å²) in [4.78, 5) is 28.4. The standard InChI is InChI=1S/C14H19N3O2/c1-2-12-11-7-15-6-10(11)8-17(12)14(19)9-3-4-16-13(18)5-9/h3-5,10-12,15H,2,6-8H2,1H3,(H,16,18). The molecule has 0 aromatic carbocycles. The lowest BCUT2D eigenvalue weighted by molar-refractivity contribution is 0.0711. The third-order valence-electron chi connectivity index (χ3n) is 4.42. The largest absolute Gasteiger partial charge is 0.335 e. The number of nitrogens with zero attached hydrogens (tertiary/aromatic N) is 1. The molecule has 1 aromatic heterocycles. The minimum atomic E-state index is -0.222. The lowest BCUT2D eigenvalue weighted by Crippen LogP contribution is -2.39. The van der Waals surface area contributed by atoms with Gasteiger partial charge in [-0.25, -0.2) is 0 Å². The van der Waals surface area contributed by atoms with Crippen molar-refractivity contribution in [3.8, 4) is 0 Å².